The van der Waals surface area contributed by atoms with Gasteiger partial charge in [-0.05, 0) is 61.2 Å². The average molecular weight is 642 g/mol. The van der Waals surface area contributed by atoms with Crippen LogP contribution in [-0.4, -0.2) is 65.9 Å². The second-order valence-corrected chi connectivity index (χ2v) is 12.7. The Balaban J connectivity index is 1.54. The molecule has 8 N–H and O–H groups in total. The molecular formula is C35H43N7O3S. The zero-order valence-corrected chi connectivity index (χ0v) is 27.2. The lowest BCUT2D eigenvalue weighted by molar-refractivity contribution is -0.141. The lowest BCUT2D eigenvalue weighted by atomic mass is 10.00. The van der Waals surface area contributed by atoms with E-state index in [9.17, 15) is 14.4 Å². The Morgan fingerprint density at radius 1 is 0.848 bits per heavy atom. The molecule has 3 amide bonds. The number of hydrogen-bond donors (Lipinski definition) is 6. The molecule has 1 aromatic heterocycles. The molecule has 4 aromatic rings. The molecule has 0 fully saturated rings. The summed E-state index contributed by atoms with van der Waals surface area (Å²) in [5.74, 6) is -1.06. The van der Waals surface area contributed by atoms with Crippen LogP contribution in [0.5, 0.6) is 0 Å². The molecule has 0 saturated carbocycles. The second-order valence-electron chi connectivity index (χ2n) is 11.6. The van der Waals surface area contributed by atoms with Crippen molar-refractivity contribution in [2.75, 3.05) is 20.1 Å². The molecule has 0 saturated heterocycles. The topological polar surface area (TPSA) is 158 Å². The first-order chi connectivity index (χ1) is 22.3. The van der Waals surface area contributed by atoms with Crippen LogP contribution in [0.1, 0.15) is 35.2 Å². The van der Waals surface area contributed by atoms with Crippen molar-refractivity contribution in [3.63, 3.8) is 0 Å². The molecule has 10 nitrogen and oxygen atoms in total. The van der Waals surface area contributed by atoms with Gasteiger partial charge < -0.3 is 37.3 Å². The summed E-state index contributed by atoms with van der Waals surface area (Å²) in [4.78, 5) is 48.5. The SMILES string of the molecule is Cc1[nH]c2ccccc2c1C[C@H]1C(=O)NCc2ccccc2Sc2ccccc2CN[C@@H](CCCN)C(=O)N[C@@H](CN)C(=O)N1C. The van der Waals surface area contributed by atoms with Crippen molar-refractivity contribution in [3.05, 3.63) is 95.2 Å². The number of para-hydroxylation sites is 1. The van der Waals surface area contributed by atoms with E-state index in [0.717, 1.165) is 43.1 Å². The molecule has 1 aliphatic heterocycles. The molecule has 11 heteroatoms. The first kappa shape index (κ1) is 33.2. The van der Waals surface area contributed by atoms with Crippen molar-refractivity contribution in [2.45, 2.75) is 67.2 Å². The van der Waals surface area contributed by atoms with Crippen molar-refractivity contribution < 1.29 is 14.4 Å². The number of carbonyl (C=O) groups is 3. The van der Waals surface area contributed by atoms with Gasteiger partial charge in [0.2, 0.25) is 17.7 Å². The third kappa shape index (κ3) is 7.61. The average Bonchev–Trinajstić information content (AvgIpc) is 3.39. The summed E-state index contributed by atoms with van der Waals surface area (Å²) >= 11 is 1.62. The van der Waals surface area contributed by atoms with E-state index in [1.54, 1.807) is 18.8 Å². The van der Waals surface area contributed by atoms with Gasteiger partial charge >= 0.3 is 0 Å². The van der Waals surface area contributed by atoms with Crippen LogP contribution in [0.15, 0.2) is 82.6 Å². The normalized spacial score (nSPS) is 20.0. The maximum atomic E-state index is 14.1. The molecule has 3 aromatic carbocycles. The molecule has 0 unspecified atom stereocenters. The van der Waals surface area contributed by atoms with Crippen molar-refractivity contribution in [1.82, 2.24) is 25.8 Å². The van der Waals surface area contributed by atoms with E-state index >= 15 is 0 Å². The highest BCUT2D eigenvalue weighted by molar-refractivity contribution is 7.99. The van der Waals surface area contributed by atoms with Crippen molar-refractivity contribution in [3.8, 4) is 0 Å². The molecule has 0 radical (unpaired) electrons. The number of likely N-dealkylation sites (N-methyl/N-ethyl adjacent to an activating group) is 1. The molecular weight excluding hydrogens is 598 g/mol. The fraction of sp³-hybridized carbons (Fsp3) is 0.343. The van der Waals surface area contributed by atoms with Gasteiger partial charge in [0.05, 0.1) is 6.04 Å². The number of aromatic amines is 1. The third-order valence-electron chi connectivity index (χ3n) is 8.56. The van der Waals surface area contributed by atoms with E-state index in [1.165, 1.54) is 4.90 Å². The smallest absolute Gasteiger partial charge is 0.246 e. The van der Waals surface area contributed by atoms with Gasteiger partial charge in [-0.2, -0.15) is 0 Å². The van der Waals surface area contributed by atoms with E-state index in [1.807, 2.05) is 73.7 Å². The molecule has 2 heterocycles. The predicted molar refractivity (Wildman–Crippen MR) is 182 cm³/mol. The van der Waals surface area contributed by atoms with E-state index in [2.05, 4.69) is 27.0 Å². The predicted octanol–water partition coefficient (Wildman–Crippen LogP) is 2.97. The molecule has 242 valence electrons. The Kier molecular flexibility index (Phi) is 11.1. The number of H-pyrrole nitrogens is 1. The standard InChI is InChI=1S/C35H43N7O3S/c1-22-26(25-12-5-6-13-27(25)40-22)18-30-34(44)39-21-24-11-4-8-16-32(24)46-31-15-7-3-10-23(31)20-38-28(14-9-17-36)33(43)41-29(19-37)35(45)42(30)2/h3-8,10-13,15-16,28-30,38,40H,9,14,17-21,36-37H2,1-2H3,(H,39,44)(H,41,43)/t28-,29-,30-/m0/s1. The van der Waals surface area contributed by atoms with Gasteiger partial charge in [-0.25, -0.2) is 0 Å². The van der Waals surface area contributed by atoms with Gasteiger partial charge in [0.25, 0.3) is 0 Å². The molecule has 0 aliphatic carbocycles. The second kappa shape index (κ2) is 15.4. The number of benzene rings is 3. The largest absolute Gasteiger partial charge is 0.358 e. The molecule has 5 rings (SSSR count). The number of nitrogens with one attached hydrogen (secondary N) is 4. The number of nitrogens with zero attached hydrogens (tertiary/aromatic N) is 1. The Labute approximate surface area is 274 Å². The minimum Gasteiger partial charge on any atom is -0.358 e. The van der Waals surface area contributed by atoms with Crippen LogP contribution in [0.3, 0.4) is 0 Å². The maximum Gasteiger partial charge on any atom is 0.246 e. The highest BCUT2D eigenvalue weighted by atomic mass is 32.2. The van der Waals surface area contributed by atoms with Gasteiger partial charge in [-0.1, -0.05) is 66.4 Å². The number of amides is 3. The molecule has 46 heavy (non-hydrogen) atoms. The number of hydrogen-bond acceptors (Lipinski definition) is 7. The summed E-state index contributed by atoms with van der Waals surface area (Å²) in [6, 6.07) is 21.5. The molecule has 0 spiro atoms. The highest BCUT2D eigenvalue weighted by Gasteiger charge is 2.34. The summed E-state index contributed by atoms with van der Waals surface area (Å²) in [5.41, 5.74) is 16.7. The minimum absolute atomic E-state index is 0.119. The van der Waals surface area contributed by atoms with Crippen molar-refractivity contribution in [1.29, 1.82) is 0 Å². The Morgan fingerprint density at radius 3 is 2.20 bits per heavy atom. The van der Waals surface area contributed by atoms with E-state index in [-0.39, 0.29) is 31.3 Å². The van der Waals surface area contributed by atoms with Crippen LogP contribution in [0.4, 0.5) is 0 Å². The maximum absolute atomic E-state index is 14.1. The lowest BCUT2D eigenvalue weighted by Crippen LogP contribution is -2.59. The highest BCUT2D eigenvalue weighted by Crippen LogP contribution is 2.33. The summed E-state index contributed by atoms with van der Waals surface area (Å²) in [7, 11) is 1.60. The fourth-order valence-electron chi connectivity index (χ4n) is 5.89. The van der Waals surface area contributed by atoms with Crippen LogP contribution in [0, 0.1) is 6.92 Å². The van der Waals surface area contributed by atoms with E-state index in [4.69, 9.17) is 11.5 Å². The third-order valence-corrected chi connectivity index (χ3v) is 9.80. The number of carbonyl (C=O) groups excluding carboxylic acids is 3. The number of fused-ring (bicyclic) bond motifs is 3. The lowest BCUT2D eigenvalue weighted by Gasteiger charge is -2.31. The molecule has 1 aliphatic rings. The van der Waals surface area contributed by atoms with Gasteiger partial charge in [0.15, 0.2) is 0 Å². The fourth-order valence-corrected chi connectivity index (χ4v) is 6.96. The quantitative estimate of drug-likeness (QED) is 0.189. The van der Waals surface area contributed by atoms with Crippen LogP contribution in [0.25, 0.3) is 10.9 Å². The van der Waals surface area contributed by atoms with Crippen molar-refractivity contribution >= 4 is 40.4 Å². The minimum atomic E-state index is -1.02. The van der Waals surface area contributed by atoms with Gasteiger partial charge in [0.1, 0.15) is 12.1 Å². The van der Waals surface area contributed by atoms with Crippen molar-refractivity contribution in [2.24, 2.45) is 11.5 Å². The number of rotatable bonds is 6. The van der Waals surface area contributed by atoms with E-state index < -0.39 is 24.0 Å². The molecule has 0 bridgehead atoms. The first-order valence-electron chi connectivity index (χ1n) is 15.7. The van der Waals surface area contributed by atoms with Crippen LogP contribution in [0.2, 0.25) is 0 Å². The number of aromatic nitrogens is 1. The number of aryl methyl sites for hydroxylation is 1. The van der Waals surface area contributed by atoms with Gasteiger partial charge in [0, 0.05) is 59.5 Å². The Morgan fingerprint density at radius 2 is 1.50 bits per heavy atom. The molecule has 3 atom stereocenters. The van der Waals surface area contributed by atoms with Gasteiger partial charge in [-0.15, -0.1) is 0 Å². The zero-order valence-electron chi connectivity index (χ0n) is 26.3. The first-order valence-corrected chi connectivity index (χ1v) is 16.5. The van der Waals surface area contributed by atoms with Crippen LogP contribution in [-0.2, 0) is 33.9 Å². The van der Waals surface area contributed by atoms with Gasteiger partial charge in [-0.3, -0.25) is 14.4 Å². The summed E-state index contributed by atoms with van der Waals surface area (Å²) in [6.07, 6.45) is 1.40. The zero-order chi connectivity index (χ0) is 32.6. The summed E-state index contributed by atoms with van der Waals surface area (Å²) in [5, 5.41) is 10.4. The summed E-state index contributed by atoms with van der Waals surface area (Å²) in [6.45, 7) is 3.01. The van der Waals surface area contributed by atoms with Crippen LogP contribution >= 0.6 is 11.8 Å². The van der Waals surface area contributed by atoms with E-state index in [0.29, 0.717) is 25.9 Å². The number of nitrogens with two attached hydrogens (primary N) is 2. The Hall–Kier alpha value is -4.16. The summed E-state index contributed by atoms with van der Waals surface area (Å²) < 4.78 is 0. The van der Waals surface area contributed by atoms with Crippen LogP contribution < -0.4 is 27.4 Å². The monoisotopic (exact) mass is 641 g/mol. The Bertz CT molecular complexity index is 1690.